The molecule has 4 heteroatoms. The van der Waals surface area contributed by atoms with E-state index in [0.717, 1.165) is 30.0 Å². The molecule has 1 heterocycles. The zero-order valence-electron chi connectivity index (χ0n) is 22.7. The van der Waals surface area contributed by atoms with Crippen molar-refractivity contribution < 1.29 is 14.3 Å². The zero-order chi connectivity index (χ0) is 26.5. The van der Waals surface area contributed by atoms with E-state index in [2.05, 4.69) is 96.8 Å². The van der Waals surface area contributed by atoms with Gasteiger partial charge in [0.15, 0.2) is 6.61 Å². The third-order valence-corrected chi connectivity index (χ3v) is 7.89. The summed E-state index contributed by atoms with van der Waals surface area (Å²) in [6.07, 6.45) is 4.68. The molecule has 4 aromatic rings. The lowest BCUT2D eigenvalue weighted by molar-refractivity contribution is -0.142. The number of carbonyl (C=O) groups is 1. The molecule has 0 saturated heterocycles. The normalized spacial score (nSPS) is 15.7. The Morgan fingerprint density at radius 2 is 1.79 bits per heavy atom. The van der Waals surface area contributed by atoms with Gasteiger partial charge in [-0.05, 0) is 77.6 Å². The second kappa shape index (κ2) is 11.7. The van der Waals surface area contributed by atoms with Crippen molar-refractivity contribution >= 4 is 28.1 Å². The van der Waals surface area contributed by atoms with Crippen LogP contribution in [0.1, 0.15) is 48.8 Å². The average Bonchev–Trinajstić information content (AvgIpc) is 2.95. The predicted octanol–water partition coefficient (Wildman–Crippen LogP) is 7.98. The molecule has 0 saturated carbocycles. The fourth-order valence-electron chi connectivity index (χ4n) is 5.77. The summed E-state index contributed by atoms with van der Waals surface area (Å²) < 4.78 is 10.5. The minimum absolute atomic E-state index is 0.0884. The van der Waals surface area contributed by atoms with E-state index in [1.807, 2.05) is 6.92 Å². The van der Waals surface area contributed by atoms with Gasteiger partial charge in [0, 0.05) is 24.0 Å². The lowest BCUT2D eigenvalue weighted by atomic mass is 9.85. The highest BCUT2D eigenvalue weighted by Gasteiger charge is 2.26. The molecule has 0 fully saturated rings. The fraction of sp³-hybridized carbons (Fsp3) is 0.324. The third kappa shape index (κ3) is 5.70. The van der Waals surface area contributed by atoms with Crippen LogP contribution >= 0.6 is 0 Å². The summed E-state index contributed by atoms with van der Waals surface area (Å²) in [6.45, 7) is 5.25. The van der Waals surface area contributed by atoms with Gasteiger partial charge in [-0.15, -0.1) is 0 Å². The van der Waals surface area contributed by atoms with Crippen LogP contribution in [0.4, 0.5) is 11.4 Å². The van der Waals surface area contributed by atoms with Gasteiger partial charge in [-0.3, -0.25) is 0 Å². The highest BCUT2D eigenvalue weighted by molar-refractivity contribution is 5.86. The van der Waals surface area contributed by atoms with E-state index >= 15 is 0 Å². The second-order valence-electron chi connectivity index (χ2n) is 10.5. The number of carbonyl (C=O) groups excluding carboxylic acids is 1. The van der Waals surface area contributed by atoms with Crippen molar-refractivity contribution in [1.82, 2.24) is 0 Å². The summed E-state index contributed by atoms with van der Waals surface area (Å²) >= 11 is 0. The minimum Gasteiger partial charge on any atom is -0.482 e. The monoisotopic (exact) mass is 507 g/mol. The van der Waals surface area contributed by atoms with Gasteiger partial charge >= 0.3 is 5.97 Å². The van der Waals surface area contributed by atoms with Crippen molar-refractivity contribution in [3.8, 4) is 5.75 Å². The number of rotatable bonds is 9. The van der Waals surface area contributed by atoms with Crippen molar-refractivity contribution in [2.24, 2.45) is 5.92 Å². The van der Waals surface area contributed by atoms with Gasteiger partial charge in [-0.25, -0.2) is 4.79 Å². The van der Waals surface area contributed by atoms with Crippen LogP contribution < -0.4 is 9.64 Å². The molecule has 5 rings (SSSR count). The molecule has 1 aliphatic heterocycles. The number of methoxy groups -OCH3 is 1. The van der Waals surface area contributed by atoms with Crippen LogP contribution in [0.5, 0.6) is 5.75 Å². The van der Waals surface area contributed by atoms with Crippen LogP contribution in [0.15, 0.2) is 84.9 Å². The highest BCUT2D eigenvalue weighted by Crippen LogP contribution is 2.39. The Labute approximate surface area is 226 Å². The van der Waals surface area contributed by atoms with Gasteiger partial charge in [-0.2, -0.15) is 0 Å². The molecule has 38 heavy (non-hydrogen) atoms. The number of benzene rings is 4. The van der Waals surface area contributed by atoms with E-state index < -0.39 is 0 Å². The number of esters is 1. The fourth-order valence-corrected chi connectivity index (χ4v) is 5.77. The SMILES string of the molecule is COC(=O)COc1cc(N2CC(CCC[C@H](C)c3cccc4ccccc34)Cc3ccccc32)ccc1C. The number of nitrogens with zero attached hydrogens (tertiary/aromatic N) is 1. The molecule has 0 aromatic heterocycles. The van der Waals surface area contributed by atoms with E-state index in [9.17, 15) is 4.79 Å². The molecule has 4 aromatic carbocycles. The summed E-state index contributed by atoms with van der Waals surface area (Å²) in [4.78, 5) is 14.1. The number of aryl methyl sites for hydroxylation is 1. The molecular formula is C34H37NO3. The first-order valence-corrected chi connectivity index (χ1v) is 13.7. The molecular weight excluding hydrogens is 470 g/mol. The summed E-state index contributed by atoms with van der Waals surface area (Å²) in [5.74, 6) is 1.44. The van der Waals surface area contributed by atoms with E-state index in [-0.39, 0.29) is 12.6 Å². The van der Waals surface area contributed by atoms with E-state index in [1.165, 1.54) is 54.0 Å². The van der Waals surface area contributed by atoms with Crippen molar-refractivity contribution in [2.45, 2.75) is 45.4 Å². The van der Waals surface area contributed by atoms with Gasteiger partial charge in [-0.1, -0.05) is 80.1 Å². The third-order valence-electron chi connectivity index (χ3n) is 7.89. The number of fused-ring (bicyclic) bond motifs is 2. The lowest BCUT2D eigenvalue weighted by Gasteiger charge is -2.36. The number of ether oxygens (including phenoxy) is 2. The molecule has 2 atom stereocenters. The van der Waals surface area contributed by atoms with E-state index in [1.54, 1.807) is 0 Å². The first kappa shape index (κ1) is 25.8. The maximum absolute atomic E-state index is 11.6. The van der Waals surface area contributed by atoms with Crippen LogP contribution in [0.3, 0.4) is 0 Å². The number of hydrogen-bond donors (Lipinski definition) is 0. The highest BCUT2D eigenvalue weighted by atomic mass is 16.6. The largest absolute Gasteiger partial charge is 0.482 e. The van der Waals surface area contributed by atoms with Crippen molar-refractivity contribution in [1.29, 1.82) is 0 Å². The summed E-state index contributed by atoms with van der Waals surface area (Å²) in [7, 11) is 1.38. The van der Waals surface area contributed by atoms with Gasteiger partial charge in [0.05, 0.1) is 7.11 Å². The topological polar surface area (TPSA) is 38.8 Å². The molecule has 0 spiro atoms. The van der Waals surface area contributed by atoms with Crippen molar-refractivity contribution in [3.63, 3.8) is 0 Å². The molecule has 4 nitrogen and oxygen atoms in total. The van der Waals surface area contributed by atoms with Crippen LogP contribution in [0.25, 0.3) is 10.8 Å². The first-order chi connectivity index (χ1) is 18.5. The Hall–Kier alpha value is -3.79. The predicted molar refractivity (Wildman–Crippen MR) is 156 cm³/mol. The lowest BCUT2D eigenvalue weighted by Crippen LogP contribution is -2.32. The average molecular weight is 508 g/mol. The molecule has 0 amide bonds. The molecule has 196 valence electrons. The van der Waals surface area contributed by atoms with Gasteiger partial charge in [0.25, 0.3) is 0 Å². The summed E-state index contributed by atoms with van der Waals surface area (Å²) in [5, 5.41) is 2.70. The number of para-hydroxylation sites is 1. The first-order valence-electron chi connectivity index (χ1n) is 13.7. The summed E-state index contributed by atoms with van der Waals surface area (Å²) in [5.41, 5.74) is 6.20. The molecule has 1 unspecified atom stereocenters. The molecule has 0 aliphatic carbocycles. The van der Waals surface area contributed by atoms with E-state index in [0.29, 0.717) is 11.8 Å². The van der Waals surface area contributed by atoms with Crippen molar-refractivity contribution in [3.05, 3.63) is 102 Å². The van der Waals surface area contributed by atoms with Gasteiger partial charge in [0.2, 0.25) is 0 Å². The standard InChI is InChI=1S/C34H37NO3/c1-24(30-16-9-14-27-12-4-6-15-31(27)30)10-8-11-26-20-28-13-5-7-17-32(28)35(22-26)29-19-18-25(2)33(21-29)38-23-34(36)37-3/h4-7,9,12-19,21,24,26H,8,10-11,20,22-23H2,1-3H3/t24-,26?/m0/s1. The second-order valence-corrected chi connectivity index (χ2v) is 10.5. The maximum atomic E-state index is 11.6. The smallest absolute Gasteiger partial charge is 0.343 e. The Balaban J connectivity index is 1.29. The van der Waals surface area contributed by atoms with Crippen LogP contribution in [0, 0.1) is 12.8 Å². The van der Waals surface area contributed by atoms with E-state index in [4.69, 9.17) is 9.47 Å². The Morgan fingerprint density at radius 3 is 2.66 bits per heavy atom. The number of hydrogen-bond acceptors (Lipinski definition) is 4. The van der Waals surface area contributed by atoms with Crippen molar-refractivity contribution in [2.75, 3.05) is 25.2 Å². The molecule has 0 radical (unpaired) electrons. The Bertz CT molecular complexity index is 1410. The molecule has 1 aliphatic rings. The van der Waals surface area contributed by atoms with Crippen LogP contribution in [0.2, 0.25) is 0 Å². The van der Waals surface area contributed by atoms with Gasteiger partial charge in [0.1, 0.15) is 5.75 Å². The molecule has 0 bridgehead atoms. The quantitative estimate of drug-likeness (QED) is 0.215. The Morgan fingerprint density at radius 1 is 1.00 bits per heavy atom. The zero-order valence-corrected chi connectivity index (χ0v) is 22.7. The van der Waals surface area contributed by atoms with Crippen LogP contribution in [-0.2, 0) is 16.0 Å². The summed E-state index contributed by atoms with van der Waals surface area (Å²) in [6, 6.07) is 30.4. The maximum Gasteiger partial charge on any atom is 0.343 e. The van der Waals surface area contributed by atoms with Crippen LogP contribution in [-0.4, -0.2) is 26.2 Å². The number of anilines is 2. The molecule has 0 N–H and O–H groups in total. The van der Waals surface area contributed by atoms with Gasteiger partial charge < -0.3 is 14.4 Å². The Kier molecular flexibility index (Phi) is 7.97. The minimum atomic E-state index is -0.379.